The van der Waals surface area contributed by atoms with E-state index in [1.807, 2.05) is 56.3 Å². The average molecular weight is 414 g/mol. The zero-order valence-corrected chi connectivity index (χ0v) is 17.7. The van der Waals surface area contributed by atoms with Crippen LogP contribution in [0.3, 0.4) is 0 Å². The van der Waals surface area contributed by atoms with Gasteiger partial charge in [0.25, 0.3) is 0 Å². The van der Waals surface area contributed by atoms with Crippen molar-refractivity contribution in [3.05, 3.63) is 65.0 Å². The Morgan fingerprint density at radius 3 is 2.62 bits per heavy atom. The molecule has 0 radical (unpaired) electrons. The van der Waals surface area contributed by atoms with E-state index in [2.05, 4.69) is 10.3 Å². The molecule has 7 heteroatoms. The summed E-state index contributed by atoms with van der Waals surface area (Å²) in [7, 11) is -3.52. The highest BCUT2D eigenvalue weighted by Crippen LogP contribution is 2.42. The third kappa shape index (κ3) is 4.07. The van der Waals surface area contributed by atoms with Gasteiger partial charge in [-0.05, 0) is 44.4 Å². The normalized spacial score (nSPS) is 25.3. The summed E-state index contributed by atoms with van der Waals surface area (Å²) >= 11 is 0. The molecule has 2 aliphatic heterocycles. The van der Waals surface area contributed by atoms with Gasteiger partial charge in [-0.1, -0.05) is 35.9 Å². The summed E-state index contributed by atoms with van der Waals surface area (Å²) in [6, 6.07) is 13.4. The van der Waals surface area contributed by atoms with E-state index in [0.29, 0.717) is 19.5 Å². The van der Waals surface area contributed by atoms with Crippen molar-refractivity contribution in [2.45, 2.75) is 50.3 Å². The molecule has 4 rings (SSSR count). The van der Waals surface area contributed by atoms with E-state index in [-0.39, 0.29) is 17.6 Å². The van der Waals surface area contributed by atoms with Gasteiger partial charge in [0.1, 0.15) is 0 Å². The largest absolute Gasteiger partial charge is 0.349 e. The summed E-state index contributed by atoms with van der Waals surface area (Å²) in [5.41, 5.74) is 3.02. The molecule has 0 bridgehead atoms. The Balaban J connectivity index is 1.65. The van der Waals surface area contributed by atoms with Crippen molar-refractivity contribution in [2.24, 2.45) is 0 Å². The number of pyridine rings is 1. The molecule has 3 heterocycles. The van der Waals surface area contributed by atoms with Gasteiger partial charge in [-0.25, -0.2) is 8.42 Å². The maximum atomic E-state index is 13.2. The number of nitrogens with zero attached hydrogens (tertiary/aromatic N) is 2. The van der Waals surface area contributed by atoms with Crippen molar-refractivity contribution in [1.82, 2.24) is 14.6 Å². The second kappa shape index (κ2) is 7.54. The molecule has 1 aromatic carbocycles. The molecular formula is C22H27N3O3S. The van der Waals surface area contributed by atoms with Crippen LogP contribution in [0.15, 0.2) is 42.5 Å². The summed E-state index contributed by atoms with van der Waals surface area (Å²) in [5.74, 6) is -0.197. The van der Waals surface area contributed by atoms with Crippen molar-refractivity contribution in [2.75, 3.05) is 13.1 Å². The Labute approximate surface area is 172 Å². The molecular weight excluding hydrogens is 386 g/mol. The number of aryl methyl sites for hydroxylation is 2. The van der Waals surface area contributed by atoms with Crippen molar-refractivity contribution in [1.29, 1.82) is 0 Å². The lowest BCUT2D eigenvalue weighted by Crippen LogP contribution is -2.56. The second-order valence-electron chi connectivity index (χ2n) is 8.35. The highest BCUT2D eigenvalue weighted by molar-refractivity contribution is 7.88. The third-order valence-electron chi connectivity index (χ3n) is 6.06. The summed E-state index contributed by atoms with van der Waals surface area (Å²) in [4.78, 5) is 16.9. The summed E-state index contributed by atoms with van der Waals surface area (Å²) in [5, 5.41) is 3.15. The zero-order chi connectivity index (χ0) is 20.6. The number of benzene rings is 1. The molecule has 2 saturated heterocycles. The molecule has 1 N–H and O–H groups in total. The van der Waals surface area contributed by atoms with Crippen molar-refractivity contribution < 1.29 is 13.2 Å². The molecule has 0 saturated carbocycles. The molecule has 154 valence electrons. The molecule has 6 nitrogen and oxygen atoms in total. The van der Waals surface area contributed by atoms with Crippen LogP contribution in [0.1, 0.15) is 47.7 Å². The van der Waals surface area contributed by atoms with E-state index in [0.717, 1.165) is 35.4 Å². The van der Waals surface area contributed by atoms with Gasteiger partial charge < -0.3 is 5.32 Å². The molecule has 2 fully saturated rings. The van der Waals surface area contributed by atoms with Gasteiger partial charge in [0, 0.05) is 36.8 Å². The highest BCUT2D eigenvalue weighted by atomic mass is 32.2. The summed E-state index contributed by atoms with van der Waals surface area (Å²) in [6.07, 6.45) is 2.02. The van der Waals surface area contributed by atoms with Crippen molar-refractivity contribution >= 4 is 15.9 Å². The van der Waals surface area contributed by atoms with Crippen LogP contribution in [0, 0.1) is 13.8 Å². The number of nitrogens with one attached hydrogen (secondary N) is 1. The number of carbonyl (C=O) groups is 1. The highest BCUT2D eigenvalue weighted by Gasteiger charge is 2.52. The van der Waals surface area contributed by atoms with Gasteiger partial charge in [-0.2, -0.15) is 4.31 Å². The molecule has 2 aromatic rings. The molecule has 1 amide bonds. The van der Waals surface area contributed by atoms with Gasteiger partial charge >= 0.3 is 0 Å². The number of rotatable bonds is 4. The van der Waals surface area contributed by atoms with Gasteiger partial charge in [-0.3, -0.25) is 9.78 Å². The molecule has 1 aromatic heterocycles. The number of amides is 1. The fraction of sp³-hybridized carbons (Fsp3) is 0.455. The Kier molecular flexibility index (Phi) is 5.21. The van der Waals surface area contributed by atoms with Crippen LogP contribution < -0.4 is 5.32 Å². The Bertz CT molecular complexity index is 1020. The van der Waals surface area contributed by atoms with Crippen LogP contribution in [0.2, 0.25) is 0 Å². The van der Waals surface area contributed by atoms with E-state index in [1.165, 1.54) is 0 Å². The first-order chi connectivity index (χ1) is 13.8. The molecule has 2 aliphatic rings. The van der Waals surface area contributed by atoms with Crippen LogP contribution in [0.5, 0.6) is 0 Å². The minimum absolute atomic E-state index is 0.00770. The number of sulfonamides is 1. The minimum Gasteiger partial charge on any atom is -0.349 e. The SMILES string of the molecule is Cc1ccc(CS(=O)(=O)N2C[C@@H](c3cccc(C)n3)[C@@]3(CCCC(=O)N3)C2)cc1. The molecule has 29 heavy (non-hydrogen) atoms. The van der Waals surface area contributed by atoms with Crippen LogP contribution in [0.4, 0.5) is 0 Å². The van der Waals surface area contributed by atoms with Crippen LogP contribution >= 0.6 is 0 Å². The lowest BCUT2D eigenvalue weighted by atomic mass is 9.78. The molecule has 0 unspecified atom stereocenters. The maximum Gasteiger partial charge on any atom is 0.220 e. The van der Waals surface area contributed by atoms with Gasteiger partial charge in [0.15, 0.2) is 0 Å². The molecule has 1 spiro atoms. The summed E-state index contributed by atoms with van der Waals surface area (Å²) < 4.78 is 28.0. The van der Waals surface area contributed by atoms with E-state index < -0.39 is 15.6 Å². The first kappa shape index (κ1) is 20.0. The number of hydrogen-bond acceptors (Lipinski definition) is 4. The second-order valence-corrected chi connectivity index (χ2v) is 10.3. The number of aromatic nitrogens is 1. The zero-order valence-electron chi connectivity index (χ0n) is 16.9. The number of carbonyl (C=O) groups excluding carboxylic acids is 1. The molecule has 2 atom stereocenters. The smallest absolute Gasteiger partial charge is 0.220 e. The van der Waals surface area contributed by atoms with Crippen LogP contribution in [-0.4, -0.2) is 42.2 Å². The quantitative estimate of drug-likeness (QED) is 0.836. The van der Waals surface area contributed by atoms with Gasteiger partial charge in [0.05, 0.1) is 11.3 Å². The van der Waals surface area contributed by atoms with E-state index in [1.54, 1.807) is 4.31 Å². The van der Waals surface area contributed by atoms with Crippen molar-refractivity contribution in [3.63, 3.8) is 0 Å². The topological polar surface area (TPSA) is 79.4 Å². The maximum absolute atomic E-state index is 13.2. The number of hydrogen-bond donors (Lipinski definition) is 1. The van der Waals surface area contributed by atoms with Crippen LogP contribution in [-0.2, 0) is 20.6 Å². The lowest BCUT2D eigenvalue weighted by Gasteiger charge is -2.38. The van der Waals surface area contributed by atoms with Crippen molar-refractivity contribution in [3.8, 4) is 0 Å². The Hall–Kier alpha value is -2.25. The van der Waals surface area contributed by atoms with E-state index >= 15 is 0 Å². The summed E-state index contributed by atoms with van der Waals surface area (Å²) in [6.45, 7) is 4.54. The first-order valence-electron chi connectivity index (χ1n) is 10.1. The average Bonchev–Trinajstić information content (AvgIpc) is 3.03. The predicted octanol–water partition coefficient (Wildman–Crippen LogP) is 2.67. The van der Waals surface area contributed by atoms with Gasteiger partial charge in [0.2, 0.25) is 15.9 Å². The van der Waals surface area contributed by atoms with E-state index in [4.69, 9.17) is 0 Å². The molecule has 0 aliphatic carbocycles. The Morgan fingerprint density at radius 2 is 1.93 bits per heavy atom. The monoisotopic (exact) mass is 413 g/mol. The standard InChI is InChI=1S/C22H27N3O3S/c1-16-8-10-18(11-9-16)14-29(27,28)25-13-19(20-6-3-5-17(2)23-20)22(15-25)12-4-7-21(26)24-22/h3,5-6,8-11,19H,4,7,12-15H2,1-2H3,(H,24,26)/t19-,22+/m0/s1. The fourth-order valence-corrected chi connectivity index (χ4v) is 6.15. The van der Waals surface area contributed by atoms with Crippen LogP contribution in [0.25, 0.3) is 0 Å². The number of piperidine rings is 1. The Morgan fingerprint density at radius 1 is 1.17 bits per heavy atom. The first-order valence-corrected chi connectivity index (χ1v) is 11.7. The lowest BCUT2D eigenvalue weighted by molar-refractivity contribution is -0.125. The van der Waals surface area contributed by atoms with Gasteiger partial charge in [-0.15, -0.1) is 0 Å². The minimum atomic E-state index is -3.52. The predicted molar refractivity (Wildman–Crippen MR) is 112 cm³/mol. The fourth-order valence-electron chi connectivity index (χ4n) is 4.55. The third-order valence-corrected chi connectivity index (χ3v) is 7.82. The van der Waals surface area contributed by atoms with E-state index in [9.17, 15) is 13.2 Å².